The lowest BCUT2D eigenvalue weighted by molar-refractivity contribution is 0.402. The molecule has 0 unspecified atom stereocenters. The molecule has 0 radical (unpaired) electrons. The van der Waals surface area contributed by atoms with Crippen LogP contribution in [-0.4, -0.2) is 17.3 Å². The molecule has 0 spiro atoms. The molecule has 0 saturated carbocycles. The van der Waals surface area contributed by atoms with Crippen LogP contribution in [0.2, 0.25) is 10.0 Å². The minimum absolute atomic E-state index is 0.724. The van der Waals surface area contributed by atoms with Crippen LogP contribution in [0, 0.1) is 13.8 Å². The van der Waals surface area contributed by atoms with Gasteiger partial charge in [0.15, 0.2) is 0 Å². The van der Waals surface area contributed by atoms with Crippen LogP contribution in [0.5, 0.6) is 0 Å². The third kappa shape index (κ3) is 2.15. The maximum atomic E-state index is 6.45. The summed E-state index contributed by atoms with van der Waals surface area (Å²) in [6, 6.07) is 0. The van der Waals surface area contributed by atoms with E-state index in [0.717, 1.165) is 46.4 Å². The van der Waals surface area contributed by atoms with E-state index in [-0.39, 0.29) is 0 Å². The molecule has 2 nitrogen and oxygen atoms in total. The fourth-order valence-electron chi connectivity index (χ4n) is 2.97. The molecule has 0 N–H and O–H groups in total. The highest BCUT2D eigenvalue weighted by molar-refractivity contribution is 6.38. The zero-order valence-corrected chi connectivity index (χ0v) is 12.9. The second-order valence-corrected chi connectivity index (χ2v) is 6.22. The summed E-state index contributed by atoms with van der Waals surface area (Å²) < 4.78 is 0. The van der Waals surface area contributed by atoms with Gasteiger partial charge in [-0.3, -0.25) is 0 Å². The van der Waals surface area contributed by atoms with Crippen molar-refractivity contribution in [3.63, 3.8) is 0 Å². The second-order valence-electron chi connectivity index (χ2n) is 5.47. The van der Waals surface area contributed by atoms with Crippen molar-refractivity contribution in [3.8, 4) is 0 Å². The lowest BCUT2D eigenvalue weighted by Crippen LogP contribution is -2.32. The van der Waals surface area contributed by atoms with E-state index in [2.05, 4.69) is 11.8 Å². The van der Waals surface area contributed by atoms with Gasteiger partial charge in [-0.05, 0) is 37.8 Å². The summed E-state index contributed by atoms with van der Waals surface area (Å²) in [5, 5.41) is 1.51. The number of aliphatic imine (C=N–C) groups is 1. The van der Waals surface area contributed by atoms with Crippen LogP contribution in [0.15, 0.2) is 4.99 Å². The number of nitrogens with zero attached hydrogens (tertiary/aromatic N) is 2. The molecule has 1 aromatic carbocycles. The lowest BCUT2D eigenvalue weighted by atomic mass is 10.0. The van der Waals surface area contributed by atoms with Crippen LogP contribution in [0.3, 0.4) is 0 Å². The van der Waals surface area contributed by atoms with Crippen molar-refractivity contribution in [2.24, 2.45) is 4.99 Å². The Labute approximate surface area is 124 Å². The van der Waals surface area contributed by atoms with Gasteiger partial charge >= 0.3 is 0 Å². The first kappa shape index (κ1) is 13.3. The number of hydrogen-bond acceptors (Lipinski definition) is 2. The molecule has 0 atom stereocenters. The Hall–Kier alpha value is -0.730. The second kappa shape index (κ2) is 4.99. The summed E-state index contributed by atoms with van der Waals surface area (Å²) in [4.78, 5) is 7.23. The van der Waals surface area contributed by atoms with Crippen LogP contribution in [0.4, 0.5) is 5.69 Å². The van der Waals surface area contributed by atoms with Gasteiger partial charge in [0.1, 0.15) is 5.84 Å². The van der Waals surface area contributed by atoms with Gasteiger partial charge in [-0.15, -0.1) is 0 Å². The first-order chi connectivity index (χ1) is 9.09. The molecule has 1 aromatic rings. The van der Waals surface area contributed by atoms with Crippen molar-refractivity contribution in [3.05, 3.63) is 26.7 Å². The molecule has 3 rings (SSSR count). The van der Waals surface area contributed by atoms with E-state index in [0.29, 0.717) is 0 Å². The average molecular weight is 297 g/mol. The normalized spacial score (nSPS) is 18.5. The van der Waals surface area contributed by atoms with Crippen LogP contribution >= 0.6 is 23.2 Å². The molecule has 4 heteroatoms. The van der Waals surface area contributed by atoms with E-state index in [1.54, 1.807) is 0 Å². The number of rotatable bonds is 0. The maximum Gasteiger partial charge on any atom is 0.105 e. The summed E-state index contributed by atoms with van der Waals surface area (Å²) in [5.41, 5.74) is 4.23. The van der Waals surface area contributed by atoms with E-state index in [1.807, 2.05) is 6.92 Å². The molecule has 1 saturated heterocycles. The van der Waals surface area contributed by atoms with Crippen molar-refractivity contribution in [1.82, 2.24) is 4.90 Å². The van der Waals surface area contributed by atoms with Gasteiger partial charge in [-0.2, -0.15) is 0 Å². The van der Waals surface area contributed by atoms with Crippen LogP contribution in [0.25, 0.3) is 0 Å². The third-order valence-electron chi connectivity index (χ3n) is 4.22. The molecule has 1 fully saturated rings. The molecule has 19 heavy (non-hydrogen) atoms. The number of fused-ring (bicyclic) bond motifs is 2. The van der Waals surface area contributed by atoms with Gasteiger partial charge in [-0.1, -0.05) is 29.6 Å². The van der Waals surface area contributed by atoms with Gasteiger partial charge in [0.2, 0.25) is 0 Å². The highest BCUT2D eigenvalue weighted by Gasteiger charge is 2.26. The van der Waals surface area contributed by atoms with Crippen molar-refractivity contribution < 1.29 is 0 Å². The summed E-state index contributed by atoms with van der Waals surface area (Å²) in [5.74, 6) is 1.20. The first-order valence-corrected chi connectivity index (χ1v) is 7.64. The Morgan fingerprint density at radius 3 is 2.58 bits per heavy atom. The number of benzene rings is 1. The van der Waals surface area contributed by atoms with Gasteiger partial charge in [-0.25, -0.2) is 4.99 Å². The average Bonchev–Trinajstić information content (AvgIpc) is 2.65. The molecule has 102 valence electrons. The van der Waals surface area contributed by atoms with E-state index in [4.69, 9.17) is 28.2 Å². The van der Waals surface area contributed by atoms with E-state index in [9.17, 15) is 0 Å². The molecule has 0 bridgehead atoms. The molecule has 2 aliphatic heterocycles. The predicted octanol–water partition coefficient (Wildman–Crippen LogP) is 5.03. The number of halogens is 2. The van der Waals surface area contributed by atoms with Crippen molar-refractivity contribution in [1.29, 1.82) is 0 Å². The van der Waals surface area contributed by atoms with Gasteiger partial charge in [0, 0.05) is 30.1 Å². The van der Waals surface area contributed by atoms with Crippen molar-refractivity contribution in [2.75, 3.05) is 6.54 Å². The molecule has 2 aliphatic rings. The Morgan fingerprint density at radius 1 is 1.00 bits per heavy atom. The standard InChI is InChI=1S/C15H18Cl2N2/c1-9-11-8-19-7-5-3-4-6-12(19)18-15(11)14(17)10(2)13(9)16/h3-8H2,1-2H3. The van der Waals surface area contributed by atoms with Crippen molar-refractivity contribution >= 4 is 34.7 Å². The molecule has 0 amide bonds. The first-order valence-electron chi connectivity index (χ1n) is 6.89. The quantitative estimate of drug-likeness (QED) is 0.655. The molecule has 0 aliphatic carbocycles. The van der Waals surface area contributed by atoms with E-state index < -0.39 is 0 Å². The number of amidine groups is 1. The Balaban J connectivity index is 2.16. The highest BCUT2D eigenvalue weighted by atomic mass is 35.5. The highest BCUT2D eigenvalue weighted by Crippen LogP contribution is 2.43. The third-order valence-corrected chi connectivity index (χ3v) is 5.25. The summed E-state index contributed by atoms with van der Waals surface area (Å²) >= 11 is 12.8. The van der Waals surface area contributed by atoms with E-state index >= 15 is 0 Å². The summed E-state index contributed by atoms with van der Waals surface area (Å²) in [6.45, 7) is 6.04. The minimum Gasteiger partial charge on any atom is -0.356 e. The molecule has 2 heterocycles. The smallest absolute Gasteiger partial charge is 0.105 e. The molecular weight excluding hydrogens is 279 g/mol. The lowest BCUT2D eigenvalue weighted by Gasteiger charge is -2.31. The van der Waals surface area contributed by atoms with Crippen molar-refractivity contribution in [2.45, 2.75) is 46.1 Å². The SMILES string of the molecule is Cc1c(Cl)c(C)c2c(c1Cl)N=C1CCCCCN1C2. The maximum absolute atomic E-state index is 6.45. The van der Waals surface area contributed by atoms with Gasteiger partial charge < -0.3 is 4.90 Å². The zero-order valence-electron chi connectivity index (χ0n) is 11.4. The summed E-state index contributed by atoms with van der Waals surface area (Å²) in [7, 11) is 0. The summed E-state index contributed by atoms with van der Waals surface area (Å²) in [6.07, 6.45) is 4.84. The van der Waals surface area contributed by atoms with Gasteiger partial charge in [0.05, 0.1) is 10.7 Å². The largest absolute Gasteiger partial charge is 0.356 e. The van der Waals surface area contributed by atoms with Crippen LogP contribution in [0.1, 0.15) is 42.4 Å². The molecular formula is C15H18Cl2N2. The fraction of sp³-hybridized carbons (Fsp3) is 0.533. The fourth-order valence-corrected chi connectivity index (χ4v) is 3.48. The Bertz CT molecular complexity index is 564. The number of hydrogen-bond donors (Lipinski definition) is 0. The van der Waals surface area contributed by atoms with Crippen LogP contribution in [-0.2, 0) is 6.54 Å². The van der Waals surface area contributed by atoms with E-state index in [1.165, 1.54) is 30.7 Å². The minimum atomic E-state index is 0.724. The topological polar surface area (TPSA) is 15.6 Å². The predicted molar refractivity (Wildman–Crippen MR) is 81.9 cm³/mol. The molecule has 0 aromatic heterocycles. The zero-order chi connectivity index (χ0) is 13.6. The Kier molecular flexibility index (Phi) is 3.48. The van der Waals surface area contributed by atoms with Crippen LogP contribution < -0.4 is 0 Å². The van der Waals surface area contributed by atoms with Gasteiger partial charge in [0.25, 0.3) is 0 Å². The monoisotopic (exact) mass is 296 g/mol. The Morgan fingerprint density at radius 2 is 1.79 bits per heavy atom.